The summed E-state index contributed by atoms with van der Waals surface area (Å²) in [6.07, 6.45) is 2.32. The lowest BCUT2D eigenvalue weighted by Gasteiger charge is -2.21. The minimum absolute atomic E-state index is 0.575. The normalized spacial score (nSPS) is 18.4. The number of hydrogen-bond donors (Lipinski definition) is 2. The molecule has 11 heavy (non-hydrogen) atoms. The summed E-state index contributed by atoms with van der Waals surface area (Å²) in [4.78, 5) is 0. The Morgan fingerprint density at radius 2 is 1.82 bits per heavy atom. The summed E-state index contributed by atoms with van der Waals surface area (Å²) in [6.45, 7) is 9.93. The van der Waals surface area contributed by atoms with Crippen LogP contribution in [0.4, 0.5) is 0 Å². The fourth-order valence-electron chi connectivity index (χ4n) is 1.19. The molecule has 0 atom stereocenters. The smallest absolute Gasteiger partial charge is 0.00399 e. The Morgan fingerprint density at radius 1 is 1.36 bits per heavy atom. The van der Waals surface area contributed by atoms with Gasteiger partial charge in [-0.15, -0.1) is 0 Å². The first-order chi connectivity index (χ1) is 5.30. The number of rotatable bonds is 1. The van der Waals surface area contributed by atoms with Crippen LogP contribution in [0.2, 0.25) is 0 Å². The molecular weight excluding hydrogens is 136 g/mol. The van der Waals surface area contributed by atoms with Gasteiger partial charge in [0.15, 0.2) is 0 Å². The van der Waals surface area contributed by atoms with Crippen LogP contribution in [0.3, 0.4) is 0 Å². The van der Waals surface area contributed by atoms with Crippen LogP contribution in [0, 0.1) is 5.92 Å². The van der Waals surface area contributed by atoms with Crippen LogP contribution in [0.1, 0.15) is 26.7 Å². The van der Waals surface area contributed by atoms with Crippen LogP contribution < -0.4 is 11.1 Å². The second-order valence-electron chi connectivity index (χ2n) is 2.60. The van der Waals surface area contributed by atoms with E-state index >= 15 is 0 Å². The Kier molecular flexibility index (Phi) is 5.94. The molecule has 0 spiro atoms. The predicted molar refractivity (Wildman–Crippen MR) is 50.3 cm³/mol. The minimum atomic E-state index is 0.575. The van der Waals surface area contributed by atoms with Crippen molar-refractivity contribution in [1.29, 1.82) is 0 Å². The third kappa shape index (κ3) is 4.04. The van der Waals surface area contributed by atoms with Gasteiger partial charge >= 0.3 is 0 Å². The summed E-state index contributed by atoms with van der Waals surface area (Å²) in [5.41, 5.74) is 6.40. The van der Waals surface area contributed by atoms with Crippen molar-refractivity contribution in [3.05, 3.63) is 12.3 Å². The highest BCUT2D eigenvalue weighted by Gasteiger charge is 2.12. The van der Waals surface area contributed by atoms with Crippen molar-refractivity contribution in [2.75, 3.05) is 13.1 Å². The van der Waals surface area contributed by atoms with Crippen LogP contribution in [0.25, 0.3) is 0 Å². The average Bonchev–Trinajstić information content (AvgIpc) is 2.10. The maximum atomic E-state index is 5.54. The van der Waals surface area contributed by atoms with Gasteiger partial charge in [-0.25, -0.2) is 0 Å². The molecule has 66 valence electrons. The molecule has 1 aliphatic heterocycles. The molecule has 0 radical (unpaired) electrons. The Bertz CT molecular complexity index is 104. The molecule has 0 aromatic rings. The van der Waals surface area contributed by atoms with Crippen molar-refractivity contribution in [2.45, 2.75) is 26.7 Å². The Hall–Kier alpha value is -0.500. The second kappa shape index (κ2) is 6.23. The second-order valence-corrected chi connectivity index (χ2v) is 2.60. The van der Waals surface area contributed by atoms with E-state index in [9.17, 15) is 0 Å². The Morgan fingerprint density at radius 3 is 2.09 bits per heavy atom. The summed E-state index contributed by atoms with van der Waals surface area (Å²) >= 11 is 0. The Labute approximate surface area is 69.9 Å². The standard InChI is InChI=1S/C7H14N2.C2H6/c1-6(8)7-2-4-9-5-3-7;1-2/h7,9H,1-5,8H2;1-2H3. The number of piperidine rings is 1. The van der Waals surface area contributed by atoms with Crippen molar-refractivity contribution in [3.8, 4) is 0 Å². The molecule has 1 saturated heterocycles. The lowest BCUT2D eigenvalue weighted by atomic mass is 9.96. The molecule has 2 nitrogen and oxygen atoms in total. The van der Waals surface area contributed by atoms with E-state index in [1.807, 2.05) is 13.8 Å². The van der Waals surface area contributed by atoms with Gasteiger partial charge in [-0.05, 0) is 25.9 Å². The molecule has 0 aliphatic carbocycles. The molecule has 1 rings (SSSR count). The van der Waals surface area contributed by atoms with E-state index in [-0.39, 0.29) is 0 Å². The lowest BCUT2D eigenvalue weighted by molar-refractivity contribution is 0.418. The monoisotopic (exact) mass is 156 g/mol. The molecule has 2 heteroatoms. The highest BCUT2D eigenvalue weighted by molar-refractivity contribution is 4.96. The van der Waals surface area contributed by atoms with Gasteiger partial charge < -0.3 is 11.1 Å². The summed E-state index contributed by atoms with van der Waals surface area (Å²) in [5, 5.41) is 3.27. The van der Waals surface area contributed by atoms with Crippen LogP contribution >= 0.6 is 0 Å². The quantitative estimate of drug-likeness (QED) is 0.603. The Balaban J connectivity index is 0.000000461. The van der Waals surface area contributed by atoms with Gasteiger partial charge in [-0.3, -0.25) is 0 Å². The highest BCUT2D eigenvalue weighted by atomic mass is 14.9. The highest BCUT2D eigenvalue weighted by Crippen LogP contribution is 2.15. The van der Waals surface area contributed by atoms with Crippen LogP contribution in [0.15, 0.2) is 12.3 Å². The van der Waals surface area contributed by atoms with E-state index in [1.165, 1.54) is 0 Å². The zero-order valence-electron chi connectivity index (χ0n) is 7.69. The minimum Gasteiger partial charge on any atom is -0.402 e. The van der Waals surface area contributed by atoms with Crippen LogP contribution in [0.5, 0.6) is 0 Å². The zero-order chi connectivity index (χ0) is 8.69. The number of nitrogens with one attached hydrogen (secondary N) is 1. The van der Waals surface area contributed by atoms with E-state index in [0.717, 1.165) is 31.6 Å². The fourth-order valence-corrected chi connectivity index (χ4v) is 1.19. The van der Waals surface area contributed by atoms with Crippen molar-refractivity contribution in [3.63, 3.8) is 0 Å². The molecular formula is C9H20N2. The first kappa shape index (κ1) is 10.5. The van der Waals surface area contributed by atoms with Gasteiger partial charge in [0.25, 0.3) is 0 Å². The largest absolute Gasteiger partial charge is 0.402 e. The van der Waals surface area contributed by atoms with E-state index in [0.29, 0.717) is 5.92 Å². The van der Waals surface area contributed by atoms with E-state index in [2.05, 4.69) is 11.9 Å². The fraction of sp³-hybridized carbons (Fsp3) is 0.778. The maximum absolute atomic E-state index is 5.54. The molecule has 0 unspecified atom stereocenters. The topological polar surface area (TPSA) is 38.0 Å². The van der Waals surface area contributed by atoms with Crippen molar-refractivity contribution in [1.82, 2.24) is 5.32 Å². The van der Waals surface area contributed by atoms with E-state index in [1.54, 1.807) is 0 Å². The SMILES string of the molecule is C=C(N)C1CCNCC1.CC. The molecule has 3 N–H and O–H groups in total. The average molecular weight is 156 g/mol. The molecule has 0 bridgehead atoms. The van der Waals surface area contributed by atoms with Gasteiger partial charge in [0.1, 0.15) is 0 Å². The molecule has 0 amide bonds. The summed E-state index contributed by atoms with van der Waals surface area (Å²) in [5.74, 6) is 0.575. The van der Waals surface area contributed by atoms with Gasteiger partial charge in [0.2, 0.25) is 0 Å². The van der Waals surface area contributed by atoms with Crippen LogP contribution in [-0.2, 0) is 0 Å². The zero-order valence-corrected chi connectivity index (χ0v) is 7.69. The van der Waals surface area contributed by atoms with Crippen LogP contribution in [-0.4, -0.2) is 13.1 Å². The summed E-state index contributed by atoms with van der Waals surface area (Å²) in [6, 6.07) is 0. The van der Waals surface area contributed by atoms with Gasteiger partial charge in [-0.2, -0.15) is 0 Å². The molecule has 1 heterocycles. The van der Waals surface area contributed by atoms with Crippen molar-refractivity contribution in [2.24, 2.45) is 11.7 Å². The van der Waals surface area contributed by atoms with Gasteiger partial charge in [-0.1, -0.05) is 20.4 Å². The third-order valence-electron chi connectivity index (χ3n) is 1.86. The number of hydrogen-bond acceptors (Lipinski definition) is 2. The maximum Gasteiger partial charge on any atom is 0.00399 e. The van der Waals surface area contributed by atoms with E-state index in [4.69, 9.17) is 5.73 Å². The molecule has 0 aromatic carbocycles. The third-order valence-corrected chi connectivity index (χ3v) is 1.86. The first-order valence-corrected chi connectivity index (χ1v) is 4.45. The molecule has 0 saturated carbocycles. The molecule has 1 aliphatic rings. The molecule has 0 aromatic heterocycles. The van der Waals surface area contributed by atoms with Crippen molar-refractivity contribution >= 4 is 0 Å². The van der Waals surface area contributed by atoms with Gasteiger partial charge in [0.05, 0.1) is 0 Å². The van der Waals surface area contributed by atoms with Gasteiger partial charge in [0, 0.05) is 11.6 Å². The van der Waals surface area contributed by atoms with Crippen molar-refractivity contribution < 1.29 is 0 Å². The lowest BCUT2D eigenvalue weighted by Crippen LogP contribution is -2.30. The number of nitrogens with two attached hydrogens (primary N) is 1. The summed E-state index contributed by atoms with van der Waals surface area (Å²) < 4.78 is 0. The van der Waals surface area contributed by atoms with E-state index < -0.39 is 0 Å². The molecule has 1 fully saturated rings. The predicted octanol–water partition coefficient (Wildman–Crippen LogP) is 1.48. The number of allylic oxidation sites excluding steroid dienone is 1. The summed E-state index contributed by atoms with van der Waals surface area (Å²) in [7, 11) is 0. The first-order valence-electron chi connectivity index (χ1n) is 4.45.